The maximum Gasteiger partial charge on any atom is 0.315 e. The van der Waals surface area contributed by atoms with E-state index in [9.17, 15) is 4.79 Å². The van der Waals surface area contributed by atoms with Crippen molar-refractivity contribution in [3.63, 3.8) is 0 Å². The zero-order chi connectivity index (χ0) is 15.4. The van der Waals surface area contributed by atoms with E-state index in [1.54, 1.807) is 22.7 Å². The molecule has 0 spiro atoms. The minimum absolute atomic E-state index is 0.166. The van der Waals surface area contributed by atoms with Crippen molar-refractivity contribution in [2.24, 2.45) is 0 Å². The van der Waals surface area contributed by atoms with E-state index >= 15 is 0 Å². The topological polar surface area (TPSA) is 66.9 Å². The van der Waals surface area contributed by atoms with Gasteiger partial charge in [-0.1, -0.05) is 6.92 Å². The van der Waals surface area contributed by atoms with E-state index in [2.05, 4.69) is 27.5 Å². The summed E-state index contributed by atoms with van der Waals surface area (Å²) in [6, 6.07) is -0.166. The van der Waals surface area contributed by atoms with Crippen molar-refractivity contribution < 1.29 is 4.79 Å². The first kappa shape index (κ1) is 15.9. The summed E-state index contributed by atoms with van der Waals surface area (Å²) < 4.78 is 0. The van der Waals surface area contributed by atoms with Crippen molar-refractivity contribution in [2.75, 3.05) is 6.54 Å². The molecular weight excluding hydrogens is 304 g/mol. The monoisotopic (exact) mass is 324 g/mol. The minimum atomic E-state index is -0.166. The van der Waals surface area contributed by atoms with Gasteiger partial charge in [-0.05, 0) is 20.8 Å². The molecular formula is C14H20N4OS2. The molecule has 2 N–H and O–H groups in total. The summed E-state index contributed by atoms with van der Waals surface area (Å²) in [5.41, 5.74) is 1.03. The average Bonchev–Trinajstić information content (AvgIpc) is 3.00. The van der Waals surface area contributed by atoms with Crippen molar-refractivity contribution in [2.45, 2.75) is 40.2 Å². The number of carbonyl (C=O) groups is 1. The second-order valence-corrected chi connectivity index (χ2v) is 7.58. The molecule has 2 aromatic heterocycles. The number of urea groups is 1. The van der Waals surface area contributed by atoms with Gasteiger partial charge in [0.1, 0.15) is 5.01 Å². The molecule has 2 amide bonds. The Bertz CT molecular complexity index is 601. The maximum atomic E-state index is 11.8. The number of nitrogens with one attached hydrogen (secondary N) is 2. The van der Waals surface area contributed by atoms with E-state index in [-0.39, 0.29) is 11.9 Å². The van der Waals surface area contributed by atoms with Crippen LogP contribution in [0, 0.1) is 20.8 Å². The molecule has 7 heteroatoms. The summed E-state index contributed by atoms with van der Waals surface area (Å²) in [6.07, 6.45) is 1.86. The number of carbonyl (C=O) groups excluding carboxylic acids is 1. The van der Waals surface area contributed by atoms with Crippen molar-refractivity contribution in [3.8, 4) is 0 Å². The Morgan fingerprint density at radius 2 is 2.05 bits per heavy atom. The number of hydrogen-bond acceptors (Lipinski definition) is 5. The number of thiazole rings is 2. The molecule has 0 fully saturated rings. The SMILES string of the molecule is Cc1cnc([C@@H](C)CNC(=O)NCc2nc(C)c(C)s2)s1. The molecule has 21 heavy (non-hydrogen) atoms. The fourth-order valence-electron chi connectivity index (χ4n) is 1.77. The van der Waals surface area contributed by atoms with Crippen LogP contribution in [-0.4, -0.2) is 22.5 Å². The molecule has 0 saturated heterocycles. The van der Waals surface area contributed by atoms with Gasteiger partial charge in [0.05, 0.1) is 17.2 Å². The van der Waals surface area contributed by atoms with Gasteiger partial charge < -0.3 is 10.6 Å². The summed E-state index contributed by atoms with van der Waals surface area (Å²) in [5, 5.41) is 7.70. The first-order valence-corrected chi connectivity index (χ1v) is 8.46. The third-order valence-electron chi connectivity index (χ3n) is 3.10. The normalized spacial score (nSPS) is 12.2. The zero-order valence-electron chi connectivity index (χ0n) is 12.7. The van der Waals surface area contributed by atoms with E-state index in [1.165, 1.54) is 9.75 Å². The van der Waals surface area contributed by atoms with E-state index in [4.69, 9.17) is 0 Å². The summed E-state index contributed by atoms with van der Waals surface area (Å²) in [5.74, 6) is 0.221. The lowest BCUT2D eigenvalue weighted by atomic mass is 10.2. The Balaban J connectivity index is 1.74. The van der Waals surface area contributed by atoms with Crippen LogP contribution in [0.25, 0.3) is 0 Å². The van der Waals surface area contributed by atoms with Crippen LogP contribution in [0.15, 0.2) is 6.20 Å². The average molecular weight is 324 g/mol. The molecule has 2 rings (SSSR count). The quantitative estimate of drug-likeness (QED) is 0.888. The van der Waals surface area contributed by atoms with Gasteiger partial charge in [-0.25, -0.2) is 14.8 Å². The van der Waals surface area contributed by atoms with E-state index in [0.717, 1.165) is 15.7 Å². The highest BCUT2D eigenvalue weighted by molar-refractivity contribution is 7.11. The highest BCUT2D eigenvalue weighted by Crippen LogP contribution is 2.20. The van der Waals surface area contributed by atoms with Crippen molar-refractivity contribution in [1.29, 1.82) is 0 Å². The Morgan fingerprint density at radius 1 is 1.29 bits per heavy atom. The van der Waals surface area contributed by atoms with Crippen LogP contribution < -0.4 is 10.6 Å². The van der Waals surface area contributed by atoms with Crippen LogP contribution in [0.5, 0.6) is 0 Å². The predicted octanol–water partition coefficient (Wildman–Crippen LogP) is 3.13. The van der Waals surface area contributed by atoms with Crippen molar-refractivity contribution in [1.82, 2.24) is 20.6 Å². The zero-order valence-corrected chi connectivity index (χ0v) is 14.3. The molecule has 0 aliphatic carbocycles. The minimum Gasteiger partial charge on any atom is -0.337 e. The van der Waals surface area contributed by atoms with Crippen LogP contribution >= 0.6 is 22.7 Å². The molecule has 0 saturated carbocycles. The number of amides is 2. The van der Waals surface area contributed by atoms with Crippen LogP contribution in [-0.2, 0) is 6.54 Å². The summed E-state index contributed by atoms with van der Waals surface area (Å²) in [4.78, 5) is 22.9. The summed E-state index contributed by atoms with van der Waals surface area (Å²) in [7, 11) is 0. The molecule has 0 aliphatic heterocycles. The van der Waals surface area contributed by atoms with Crippen LogP contribution in [0.4, 0.5) is 4.79 Å². The lowest BCUT2D eigenvalue weighted by molar-refractivity contribution is 0.240. The van der Waals surface area contributed by atoms with Gasteiger partial charge in [-0.3, -0.25) is 0 Å². The standard InChI is InChI=1S/C14H20N4OS2/c1-8(13-15-6-9(2)20-13)5-16-14(19)17-7-12-18-10(3)11(4)21-12/h6,8H,5,7H2,1-4H3,(H2,16,17,19)/t8-/m0/s1. The fraction of sp³-hybridized carbons (Fsp3) is 0.500. The number of aryl methyl sites for hydroxylation is 3. The molecule has 0 aliphatic rings. The van der Waals surface area contributed by atoms with Gasteiger partial charge in [0, 0.05) is 28.4 Å². The number of nitrogens with zero attached hydrogens (tertiary/aromatic N) is 2. The number of aromatic nitrogens is 2. The van der Waals surface area contributed by atoms with Gasteiger partial charge in [0.25, 0.3) is 0 Å². The smallest absolute Gasteiger partial charge is 0.315 e. The van der Waals surface area contributed by atoms with Gasteiger partial charge in [-0.15, -0.1) is 22.7 Å². The van der Waals surface area contributed by atoms with E-state index < -0.39 is 0 Å². The van der Waals surface area contributed by atoms with Gasteiger partial charge in [0.15, 0.2) is 0 Å². The van der Waals surface area contributed by atoms with Crippen LogP contribution in [0.2, 0.25) is 0 Å². The largest absolute Gasteiger partial charge is 0.337 e. The molecule has 0 bridgehead atoms. The molecule has 0 aromatic carbocycles. The van der Waals surface area contributed by atoms with Crippen LogP contribution in [0.3, 0.4) is 0 Å². The number of rotatable bonds is 5. The van der Waals surface area contributed by atoms with Crippen LogP contribution in [0.1, 0.15) is 38.3 Å². The molecule has 2 heterocycles. The van der Waals surface area contributed by atoms with Gasteiger partial charge in [-0.2, -0.15) is 0 Å². The third-order valence-corrected chi connectivity index (χ3v) is 5.32. The van der Waals surface area contributed by atoms with Crippen molar-refractivity contribution in [3.05, 3.63) is 31.7 Å². The Kier molecular flexibility index (Phi) is 5.30. The van der Waals surface area contributed by atoms with Gasteiger partial charge in [0.2, 0.25) is 0 Å². The summed E-state index contributed by atoms with van der Waals surface area (Å²) in [6.45, 7) is 9.16. The fourth-order valence-corrected chi connectivity index (χ4v) is 3.47. The molecule has 1 atom stereocenters. The number of hydrogen-bond donors (Lipinski definition) is 2. The first-order valence-electron chi connectivity index (χ1n) is 6.82. The van der Waals surface area contributed by atoms with Crippen molar-refractivity contribution >= 4 is 28.7 Å². The van der Waals surface area contributed by atoms with E-state index in [0.29, 0.717) is 13.1 Å². The summed E-state index contributed by atoms with van der Waals surface area (Å²) >= 11 is 3.29. The molecule has 2 aromatic rings. The maximum absolute atomic E-state index is 11.8. The van der Waals surface area contributed by atoms with E-state index in [1.807, 2.05) is 27.0 Å². The molecule has 0 unspecified atom stereocenters. The Morgan fingerprint density at radius 3 is 2.62 bits per heavy atom. The second-order valence-electron chi connectivity index (χ2n) is 5.02. The lowest BCUT2D eigenvalue weighted by Crippen LogP contribution is -2.37. The first-order chi connectivity index (χ1) is 9.95. The predicted molar refractivity (Wildman–Crippen MR) is 87.1 cm³/mol. The Hall–Kier alpha value is -1.47. The van der Waals surface area contributed by atoms with Gasteiger partial charge >= 0.3 is 6.03 Å². The highest BCUT2D eigenvalue weighted by atomic mass is 32.1. The lowest BCUT2D eigenvalue weighted by Gasteiger charge is -2.10. The highest BCUT2D eigenvalue weighted by Gasteiger charge is 2.11. The molecule has 114 valence electrons. The molecule has 0 radical (unpaired) electrons. The second kappa shape index (κ2) is 7.00. The molecule has 5 nitrogen and oxygen atoms in total. The Labute approximate surface area is 132 Å². The third kappa shape index (κ3) is 4.50.